The highest BCUT2D eigenvalue weighted by molar-refractivity contribution is 5.76. The fraction of sp³-hybridized carbons (Fsp3) is 0.652. The number of hydrogen-bond donors (Lipinski definition) is 4. The zero-order chi connectivity index (χ0) is 22.2. The van der Waals surface area contributed by atoms with E-state index in [0.717, 1.165) is 12.0 Å². The highest BCUT2D eigenvalue weighted by Gasteiger charge is 2.72. The molecule has 2 fully saturated rings. The van der Waals surface area contributed by atoms with Gasteiger partial charge in [-0.25, -0.2) is 4.79 Å². The molecule has 1 aromatic rings. The molecule has 3 rings (SSSR count). The van der Waals surface area contributed by atoms with Gasteiger partial charge in [0.1, 0.15) is 0 Å². The second-order valence-electron chi connectivity index (χ2n) is 9.68. The number of aliphatic imine (C=N–C) groups is 1. The van der Waals surface area contributed by atoms with Crippen LogP contribution in [0.4, 0.5) is 0 Å². The van der Waals surface area contributed by atoms with Crippen molar-refractivity contribution in [3.8, 4) is 0 Å². The number of rotatable bonds is 9. The first-order chi connectivity index (χ1) is 14.0. The number of guanidine groups is 1. The molecule has 0 spiro atoms. The zero-order valence-electron chi connectivity index (χ0n) is 18.4. The molecule has 0 radical (unpaired) electrons. The van der Waals surface area contributed by atoms with Crippen LogP contribution in [0.25, 0.3) is 0 Å². The van der Waals surface area contributed by atoms with E-state index < -0.39 is 11.7 Å². The van der Waals surface area contributed by atoms with Gasteiger partial charge in [0.15, 0.2) is 5.96 Å². The highest BCUT2D eigenvalue weighted by atomic mass is 16.5. The Morgan fingerprint density at radius 2 is 2.00 bits per heavy atom. The molecule has 7 heteroatoms. The van der Waals surface area contributed by atoms with E-state index in [1.165, 1.54) is 18.4 Å². The van der Waals surface area contributed by atoms with E-state index in [-0.39, 0.29) is 29.8 Å². The monoisotopic (exact) mass is 416 g/mol. The summed E-state index contributed by atoms with van der Waals surface area (Å²) in [5.74, 6) is 0.133. The second-order valence-corrected chi connectivity index (χ2v) is 9.68. The Hall–Kier alpha value is -2.12. The Bertz CT molecular complexity index is 820. The third-order valence-corrected chi connectivity index (χ3v) is 7.50. The number of nitrogens with zero attached hydrogens (tertiary/aromatic N) is 1. The molecular formula is C23H36N4O3. The van der Waals surface area contributed by atoms with Crippen molar-refractivity contribution in [1.29, 1.82) is 0 Å². The van der Waals surface area contributed by atoms with Crippen LogP contribution in [0.15, 0.2) is 29.3 Å². The normalized spacial score (nSPS) is 28.8. The van der Waals surface area contributed by atoms with Crippen LogP contribution in [0, 0.1) is 17.3 Å². The molecule has 2 aliphatic rings. The van der Waals surface area contributed by atoms with E-state index in [4.69, 9.17) is 21.9 Å². The summed E-state index contributed by atoms with van der Waals surface area (Å²) in [4.78, 5) is 15.7. The number of nitrogens with two attached hydrogens (primary N) is 3. The molecule has 30 heavy (non-hydrogen) atoms. The Balaban J connectivity index is 1.78. The molecule has 1 aromatic carbocycles. The molecule has 2 aliphatic carbocycles. The molecule has 2 saturated carbocycles. The maximum Gasteiger partial charge on any atom is 0.351 e. The molecule has 0 aliphatic heterocycles. The molecule has 7 nitrogen and oxygen atoms in total. The zero-order valence-corrected chi connectivity index (χ0v) is 18.4. The Morgan fingerprint density at radius 3 is 2.67 bits per heavy atom. The SMILES string of the molecule is CC1CCC2C(C)(C)C2(c2ccccc2CO[C@](N)(CCCN=C(N)N)C(=O)O)C1. The highest BCUT2D eigenvalue weighted by Crippen LogP contribution is 2.76. The van der Waals surface area contributed by atoms with Crippen molar-refractivity contribution in [2.24, 2.45) is 39.4 Å². The number of hydrogen-bond acceptors (Lipinski definition) is 4. The summed E-state index contributed by atoms with van der Waals surface area (Å²) in [5.41, 5.74) is 17.7. The van der Waals surface area contributed by atoms with Gasteiger partial charge in [0, 0.05) is 18.4 Å². The lowest BCUT2D eigenvalue weighted by Crippen LogP contribution is -2.50. The third kappa shape index (κ3) is 3.93. The predicted molar refractivity (Wildman–Crippen MR) is 118 cm³/mol. The minimum absolute atomic E-state index is 0.0228. The lowest BCUT2D eigenvalue weighted by molar-refractivity contribution is -0.168. The predicted octanol–water partition coefficient (Wildman–Crippen LogP) is 2.71. The average Bonchev–Trinajstić information content (AvgIpc) is 3.18. The maximum absolute atomic E-state index is 11.8. The Morgan fingerprint density at radius 1 is 1.30 bits per heavy atom. The van der Waals surface area contributed by atoms with Crippen molar-refractivity contribution >= 4 is 11.9 Å². The first-order valence-corrected chi connectivity index (χ1v) is 10.8. The molecule has 7 N–H and O–H groups in total. The van der Waals surface area contributed by atoms with Crippen LogP contribution < -0.4 is 17.2 Å². The van der Waals surface area contributed by atoms with Gasteiger partial charge in [-0.1, -0.05) is 51.5 Å². The van der Waals surface area contributed by atoms with Gasteiger partial charge in [0.25, 0.3) is 0 Å². The van der Waals surface area contributed by atoms with Crippen molar-refractivity contribution in [1.82, 2.24) is 0 Å². The fourth-order valence-corrected chi connectivity index (χ4v) is 5.80. The van der Waals surface area contributed by atoms with Crippen LogP contribution in [-0.4, -0.2) is 29.3 Å². The number of carboxylic acid groups (broad SMARTS) is 1. The first-order valence-electron chi connectivity index (χ1n) is 10.8. The van der Waals surface area contributed by atoms with Gasteiger partial charge in [-0.15, -0.1) is 0 Å². The van der Waals surface area contributed by atoms with Crippen LogP contribution in [-0.2, 0) is 21.6 Å². The quantitative estimate of drug-likeness (QED) is 0.211. The van der Waals surface area contributed by atoms with E-state index >= 15 is 0 Å². The minimum Gasteiger partial charge on any atom is -0.478 e. The van der Waals surface area contributed by atoms with Crippen LogP contribution in [0.5, 0.6) is 0 Å². The number of carboxylic acids is 1. The van der Waals surface area contributed by atoms with E-state index in [9.17, 15) is 9.90 Å². The topological polar surface area (TPSA) is 137 Å². The summed E-state index contributed by atoms with van der Waals surface area (Å²) in [7, 11) is 0. The molecular weight excluding hydrogens is 380 g/mol. The molecule has 3 unspecified atom stereocenters. The smallest absolute Gasteiger partial charge is 0.351 e. The number of ether oxygens (including phenoxy) is 1. The Kier molecular flexibility index (Phi) is 6.16. The van der Waals surface area contributed by atoms with Crippen LogP contribution in [0.1, 0.15) is 64.0 Å². The maximum atomic E-state index is 11.8. The summed E-state index contributed by atoms with van der Waals surface area (Å²) in [6, 6.07) is 8.28. The molecule has 0 heterocycles. The third-order valence-electron chi connectivity index (χ3n) is 7.50. The number of carbonyl (C=O) groups is 1. The van der Waals surface area contributed by atoms with Gasteiger partial charge in [-0.05, 0) is 47.6 Å². The van der Waals surface area contributed by atoms with Crippen molar-refractivity contribution in [2.45, 2.75) is 70.6 Å². The van der Waals surface area contributed by atoms with Crippen molar-refractivity contribution < 1.29 is 14.6 Å². The number of aliphatic carboxylic acids is 1. The van der Waals surface area contributed by atoms with Gasteiger partial charge in [-0.3, -0.25) is 10.7 Å². The molecule has 0 aromatic heterocycles. The molecule has 0 saturated heterocycles. The van der Waals surface area contributed by atoms with Crippen LogP contribution in [0.3, 0.4) is 0 Å². The van der Waals surface area contributed by atoms with Crippen molar-refractivity contribution in [2.75, 3.05) is 6.54 Å². The summed E-state index contributed by atoms with van der Waals surface area (Å²) >= 11 is 0. The average molecular weight is 417 g/mol. The van der Waals surface area contributed by atoms with Gasteiger partial charge in [0.2, 0.25) is 5.72 Å². The number of benzene rings is 1. The van der Waals surface area contributed by atoms with E-state index in [1.54, 1.807) is 0 Å². The molecule has 166 valence electrons. The van der Waals surface area contributed by atoms with Crippen LogP contribution >= 0.6 is 0 Å². The number of fused-ring (bicyclic) bond motifs is 1. The first kappa shape index (κ1) is 22.6. The summed E-state index contributed by atoms with van der Waals surface area (Å²) < 4.78 is 5.84. The van der Waals surface area contributed by atoms with Crippen LogP contribution in [0.2, 0.25) is 0 Å². The summed E-state index contributed by atoms with van der Waals surface area (Å²) in [5, 5.41) is 9.68. The van der Waals surface area contributed by atoms with E-state index in [2.05, 4.69) is 37.9 Å². The van der Waals surface area contributed by atoms with Gasteiger partial charge >= 0.3 is 5.97 Å². The lowest BCUT2D eigenvalue weighted by Gasteiger charge is -2.31. The summed E-state index contributed by atoms with van der Waals surface area (Å²) in [6.07, 6.45) is 4.21. The molecule has 0 amide bonds. The van der Waals surface area contributed by atoms with E-state index in [0.29, 0.717) is 24.8 Å². The van der Waals surface area contributed by atoms with Gasteiger partial charge in [0.05, 0.1) is 6.61 Å². The summed E-state index contributed by atoms with van der Waals surface area (Å²) in [6.45, 7) is 7.53. The largest absolute Gasteiger partial charge is 0.478 e. The van der Waals surface area contributed by atoms with Crippen molar-refractivity contribution in [3.05, 3.63) is 35.4 Å². The van der Waals surface area contributed by atoms with Crippen molar-refractivity contribution in [3.63, 3.8) is 0 Å². The van der Waals surface area contributed by atoms with E-state index in [1.807, 2.05) is 12.1 Å². The second kappa shape index (κ2) is 8.19. The molecule has 4 atom stereocenters. The molecule has 0 bridgehead atoms. The Labute approximate surface area is 179 Å². The van der Waals surface area contributed by atoms with Gasteiger partial charge in [-0.2, -0.15) is 0 Å². The standard InChI is InChI=1S/C23H36N4O3/c1-15-9-10-18-21(2,3)22(18,13-15)17-8-5-4-7-16(17)14-30-23(26,19(28)29)11-6-12-27-20(24)25/h4-5,7-8,15,18H,6,9-14,26H2,1-3H3,(H,28,29)(H4,24,25,27)/t15?,18?,22?,23-/m1/s1. The minimum atomic E-state index is -1.78. The van der Waals surface area contributed by atoms with Gasteiger partial charge < -0.3 is 21.3 Å². The fourth-order valence-electron chi connectivity index (χ4n) is 5.80. The lowest BCUT2D eigenvalue weighted by atomic mass is 9.74.